The van der Waals surface area contributed by atoms with Crippen LogP contribution in [0.5, 0.6) is 0 Å². The summed E-state index contributed by atoms with van der Waals surface area (Å²) < 4.78 is 27.3. The maximum Gasteiger partial charge on any atom is 0.218 e. The van der Waals surface area contributed by atoms with Gasteiger partial charge in [0.2, 0.25) is 10.0 Å². The molecule has 1 atom stereocenters. The standard InChI is InChI=1S/C17H23N3O2S.ClH/c1-17(2)12-20(10-8-15(17)18)23(21,22)11-14-6-3-5-13-7-4-9-19-16(13)14;/h3-7,9,15H,8,10-12,18H2,1-2H3;1H. The van der Waals surface area contributed by atoms with Crippen LogP contribution in [-0.4, -0.2) is 36.8 Å². The van der Waals surface area contributed by atoms with E-state index in [1.165, 1.54) is 0 Å². The largest absolute Gasteiger partial charge is 0.327 e. The average molecular weight is 370 g/mol. The molecule has 1 aliphatic rings. The number of fused-ring (bicyclic) bond motifs is 1. The Balaban J connectivity index is 0.00000208. The number of piperidine rings is 1. The van der Waals surface area contributed by atoms with Gasteiger partial charge in [-0.05, 0) is 23.5 Å². The molecule has 1 fully saturated rings. The van der Waals surface area contributed by atoms with Gasteiger partial charge in [-0.2, -0.15) is 0 Å². The second kappa shape index (κ2) is 6.96. The van der Waals surface area contributed by atoms with Gasteiger partial charge in [-0.25, -0.2) is 12.7 Å². The van der Waals surface area contributed by atoms with Crippen LogP contribution in [0, 0.1) is 5.41 Å². The molecule has 3 rings (SSSR count). The van der Waals surface area contributed by atoms with Crippen molar-refractivity contribution in [1.82, 2.24) is 9.29 Å². The first-order valence-corrected chi connectivity index (χ1v) is 9.46. The Morgan fingerprint density at radius 3 is 2.71 bits per heavy atom. The minimum Gasteiger partial charge on any atom is -0.327 e. The summed E-state index contributed by atoms with van der Waals surface area (Å²) in [4.78, 5) is 4.35. The van der Waals surface area contributed by atoms with E-state index in [0.29, 0.717) is 19.5 Å². The number of nitrogens with two attached hydrogens (primary N) is 1. The van der Waals surface area contributed by atoms with Crippen LogP contribution in [0.2, 0.25) is 0 Å². The van der Waals surface area contributed by atoms with Crippen molar-refractivity contribution in [3.05, 3.63) is 42.1 Å². The molecule has 7 heteroatoms. The quantitative estimate of drug-likeness (QED) is 0.901. The molecule has 0 spiro atoms. The van der Waals surface area contributed by atoms with E-state index in [-0.39, 0.29) is 29.6 Å². The number of halogens is 1. The van der Waals surface area contributed by atoms with E-state index in [4.69, 9.17) is 5.73 Å². The van der Waals surface area contributed by atoms with Crippen molar-refractivity contribution in [2.45, 2.75) is 32.1 Å². The third-order valence-corrected chi connectivity index (χ3v) is 6.50. The fourth-order valence-electron chi connectivity index (χ4n) is 3.13. The molecule has 0 bridgehead atoms. The van der Waals surface area contributed by atoms with Gasteiger partial charge in [0, 0.05) is 30.7 Å². The summed E-state index contributed by atoms with van der Waals surface area (Å²) in [7, 11) is -3.38. The Labute approximate surface area is 149 Å². The van der Waals surface area contributed by atoms with Crippen LogP contribution < -0.4 is 5.73 Å². The van der Waals surface area contributed by atoms with E-state index >= 15 is 0 Å². The smallest absolute Gasteiger partial charge is 0.218 e. The third-order valence-electron chi connectivity index (χ3n) is 4.72. The first-order chi connectivity index (χ1) is 10.8. The van der Waals surface area contributed by atoms with E-state index in [1.807, 2.05) is 44.2 Å². The fourth-order valence-corrected chi connectivity index (χ4v) is 4.86. The number of nitrogens with zero attached hydrogens (tertiary/aromatic N) is 2. The van der Waals surface area contributed by atoms with Gasteiger partial charge in [0.1, 0.15) is 0 Å². The predicted octanol–water partition coefficient (Wildman–Crippen LogP) is 2.55. The van der Waals surface area contributed by atoms with Crippen LogP contribution in [0.4, 0.5) is 0 Å². The number of sulfonamides is 1. The summed E-state index contributed by atoms with van der Waals surface area (Å²) in [6, 6.07) is 9.50. The lowest BCUT2D eigenvalue weighted by Gasteiger charge is -2.41. The Bertz CT molecular complexity index is 818. The lowest BCUT2D eigenvalue weighted by molar-refractivity contribution is 0.155. The molecule has 2 heterocycles. The summed E-state index contributed by atoms with van der Waals surface area (Å²) in [5, 5.41) is 0.959. The zero-order valence-corrected chi connectivity index (χ0v) is 15.6. The second-order valence-corrected chi connectivity index (χ2v) is 8.93. The van der Waals surface area contributed by atoms with Crippen molar-refractivity contribution >= 4 is 33.3 Å². The summed E-state index contributed by atoms with van der Waals surface area (Å²) >= 11 is 0. The molecule has 2 aromatic rings. The fraction of sp³-hybridized carbons (Fsp3) is 0.471. The second-order valence-electron chi connectivity index (χ2n) is 6.97. The van der Waals surface area contributed by atoms with Gasteiger partial charge in [0.05, 0.1) is 11.3 Å². The van der Waals surface area contributed by atoms with Crippen LogP contribution in [0.25, 0.3) is 10.9 Å². The van der Waals surface area contributed by atoms with Crippen LogP contribution in [-0.2, 0) is 15.8 Å². The van der Waals surface area contributed by atoms with Crippen molar-refractivity contribution in [2.75, 3.05) is 13.1 Å². The summed E-state index contributed by atoms with van der Waals surface area (Å²) in [6.07, 6.45) is 2.39. The molecule has 0 aliphatic carbocycles. The number of hydrogen-bond acceptors (Lipinski definition) is 4. The summed E-state index contributed by atoms with van der Waals surface area (Å²) in [6.45, 7) is 5.01. The third kappa shape index (κ3) is 3.72. The number of para-hydroxylation sites is 1. The minimum absolute atomic E-state index is 0. The highest BCUT2D eigenvalue weighted by molar-refractivity contribution is 7.88. The van der Waals surface area contributed by atoms with E-state index in [1.54, 1.807) is 10.5 Å². The lowest BCUT2D eigenvalue weighted by atomic mass is 9.81. The van der Waals surface area contributed by atoms with Crippen LogP contribution in [0.1, 0.15) is 25.8 Å². The normalized spacial score (nSPS) is 21.4. The van der Waals surface area contributed by atoms with Crippen LogP contribution in [0.3, 0.4) is 0 Å². The Kier molecular flexibility index (Phi) is 5.54. The zero-order chi connectivity index (χ0) is 16.7. The molecule has 5 nitrogen and oxygen atoms in total. The maximum absolute atomic E-state index is 12.9. The molecule has 1 unspecified atom stereocenters. The van der Waals surface area contributed by atoms with Crippen molar-refractivity contribution in [3.63, 3.8) is 0 Å². The van der Waals surface area contributed by atoms with Crippen molar-refractivity contribution in [2.24, 2.45) is 11.1 Å². The van der Waals surface area contributed by atoms with Gasteiger partial charge in [-0.3, -0.25) is 4.98 Å². The SMILES string of the molecule is CC1(C)CN(S(=O)(=O)Cc2cccc3cccnc23)CCC1N.Cl. The zero-order valence-electron chi connectivity index (χ0n) is 14.0. The lowest BCUT2D eigenvalue weighted by Crippen LogP contribution is -2.54. The van der Waals surface area contributed by atoms with Gasteiger partial charge in [-0.15, -0.1) is 12.4 Å². The summed E-state index contributed by atoms with van der Waals surface area (Å²) in [5.74, 6) is -0.0212. The average Bonchev–Trinajstić information content (AvgIpc) is 2.50. The summed E-state index contributed by atoms with van der Waals surface area (Å²) in [5.41, 5.74) is 7.41. The Morgan fingerprint density at radius 1 is 1.29 bits per heavy atom. The van der Waals surface area contributed by atoms with E-state index < -0.39 is 10.0 Å². The highest BCUT2D eigenvalue weighted by atomic mass is 35.5. The Morgan fingerprint density at radius 2 is 2.00 bits per heavy atom. The maximum atomic E-state index is 12.9. The molecule has 2 N–H and O–H groups in total. The van der Waals surface area contributed by atoms with E-state index in [9.17, 15) is 8.42 Å². The molecular weight excluding hydrogens is 346 g/mol. The molecule has 0 saturated carbocycles. The number of hydrogen-bond donors (Lipinski definition) is 1. The molecule has 24 heavy (non-hydrogen) atoms. The van der Waals surface area contributed by atoms with Gasteiger partial charge in [0.25, 0.3) is 0 Å². The van der Waals surface area contributed by atoms with Crippen molar-refractivity contribution in [1.29, 1.82) is 0 Å². The van der Waals surface area contributed by atoms with Gasteiger partial charge in [0.15, 0.2) is 0 Å². The molecule has 1 aromatic heterocycles. The van der Waals surface area contributed by atoms with E-state index in [2.05, 4.69) is 4.98 Å². The highest BCUT2D eigenvalue weighted by Gasteiger charge is 2.38. The molecule has 1 aromatic carbocycles. The van der Waals surface area contributed by atoms with Crippen LogP contribution in [0.15, 0.2) is 36.5 Å². The molecule has 0 amide bonds. The van der Waals surface area contributed by atoms with Gasteiger partial charge >= 0.3 is 0 Å². The molecule has 1 aliphatic heterocycles. The topological polar surface area (TPSA) is 76.3 Å². The molecule has 132 valence electrons. The highest BCUT2D eigenvalue weighted by Crippen LogP contribution is 2.30. The minimum atomic E-state index is -3.38. The van der Waals surface area contributed by atoms with Crippen molar-refractivity contribution in [3.8, 4) is 0 Å². The molecular formula is C17H24ClN3O2S. The predicted molar refractivity (Wildman–Crippen MR) is 99.6 cm³/mol. The number of pyridine rings is 1. The molecule has 0 radical (unpaired) electrons. The monoisotopic (exact) mass is 369 g/mol. The number of benzene rings is 1. The van der Waals surface area contributed by atoms with Crippen molar-refractivity contribution < 1.29 is 8.42 Å². The van der Waals surface area contributed by atoms with Gasteiger partial charge < -0.3 is 5.73 Å². The molecule has 1 saturated heterocycles. The van der Waals surface area contributed by atoms with Crippen LogP contribution >= 0.6 is 12.4 Å². The number of aromatic nitrogens is 1. The first kappa shape index (κ1) is 19.1. The van der Waals surface area contributed by atoms with Gasteiger partial charge in [-0.1, -0.05) is 38.1 Å². The Hall–Kier alpha value is -1.21. The number of rotatable bonds is 3. The first-order valence-electron chi connectivity index (χ1n) is 7.86. The van der Waals surface area contributed by atoms with E-state index in [0.717, 1.165) is 16.5 Å².